The predicted octanol–water partition coefficient (Wildman–Crippen LogP) is 5.51. The Labute approximate surface area is 331 Å². The van der Waals surface area contributed by atoms with E-state index in [-0.39, 0.29) is 34.5 Å². The van der Waals surface area contributed by atoms with Crippen LogP contribution in [0.3, 0.4) is 0 Å². The standard InChI is InChI=1S/C40H42ClF2N9O5/c1-21-23(8-7-11-26(21)44-33-30-35(47-34(46-33)32(42)43)49(2)39(55)50(3)37(30)53)24-9-6-10-25(31(24)41)27-18-22-12-13-28(29(22)36(45-27)57-5)51-15-14-40(19-51)20-52(16-17-56-4)38(54)48-40/h6-11,18,28,32H,12-17,19-20H2,1-5H3,(H,48,54)(H,44,46,47)/t28-,40+/m1/s1. The molecule has 0 bridgehead atoms. The molecule has 3 aromatic heterocycles. The van der Waals surface area contributed by atoms with E-state index in [4.69, 9.17) is 26.1 Å². The fraction of sp³-hybridized carbons (Fsp3) is 0.400. The second-order valence-electron chi connectivity index (χ2n) is 14.9. The number of ether oxygens (including phenoxy) is 2. The number of alkyl halides is 2. The highest BCUT2D eigenvalue weighted by Crippen LogP contribution is 2.46. The largest absolute Gasteiger partial charge is 0.481 e. The molecule has 2 fully saturated rings. The first-order chi connectivity index (χ1) is 27.3. The van der Waals surface area contributed by atoms with Gasteiger partial charge in [0, 0.05) is 75.8 Å². The normalized spacial score (nSPS) is 19.3. The summed E-state index contributed by atoms with van der Waals surface area (Å²) in [5.74, 6) is -0.436. The van der Waals surface area contributed by atoms with E-state index in [1.165, 1.54) is 14.1 Å². The number of likely N-dealkylation sites (tertiary alicyclic amines) is 1. The maximum atomic E-state index is 14.0. The number of nitrogens with one attached hydrogen (secondary N) is 2. The summed E-state index contributed by atoms with van der Waals surface area (Å²) in [5, 5.41) is 6.69. The summed E-state index contributed by atoms with van der Waals surface area (Å²) in [5.41, 5.74) is 4.25. The second-order valence-corrected chi connectivity index (χ2v) is 15.3. The number of pyridine rings is 1. The summed E-state index contributed by atoms with van der Waals surface area (Å²) in [6, 6.07) is 13.2. The number of nitrogens with zero attached hydrogens (tertiary/aromatic N) is 7. The number of anilines is 2. The van der Waals surface area contributed by atoms with E-state index in [1.54, 1.807) is 26.4 Å². The Bertz CT molecular complexity index is 2560. The molecular formula is C40H42ClF2N9O5. The number of hydrogen-bond acceptors (Lipinski definition) is 10. The predicted molar refractivity (Wildman–Crippen MR) is 212 cm³/mol. The van der Waals surface area contributed by atoms with Crippen molar-refractivity contribution in [2.75, 3.05) is 52.3 Å². The average molecular weight is 802 g/mol. The van der Waals surface area contributed by atoms with Crippen LogP contribution in [0.1, 0.15) is 47.8 Å². The van der Waals surface area contributed by atoms with Crippen molar-refractivity contribution in [3.8, 4) is 28.3 Å². The molecule has 3 aliphatic rings. The van der Waals surface area contributed by atoms with Crippen LogP contribution in [0.5, 0.6) is 5.88 Å². The maximum Gasteiger partial charge on any atom is 0.332 e. The van der Waals surface area contributed by atoms with Gasteiger partial charge in [0.25, 0.3) is 12.0 Å². The van der Waals surface area contributed by atoms with Crippen molar-refractivity contribution in [3.63, 3.8) is 0 Å². The van der Waals surface area contributed by atoms with E-state index in [2.05, 4.69) is 31.6 Å². The molecule has 8 rings (SSSR count). The lowest BCUT2D eigenvalue weighted by Crippen LogP contribution is -2.46. The topological polar surface area (TPSA) is 149 Å². The van der Waals surface area contributed by atoms with Crippen LogP contribution in [0, 0.1) is 6.92 Å². The number of methoxy groups -OCH3 is 2. The molecule has 0 radical (unpaired) electrons. The third-order valence-electron chi connectivity index (χ3n) is 11.5. The van der Waals surface area contributed by atoms with Gasteiger partial charge in [0.05, 0.1) is 30.0 Å². The maximum absolute atomic E-state index is 14.0. The van der Waals surface area contributed by atoms with E-state index >= 15 is 0 Å². The van der Waals surface area contributed by atoms with Gasteiger partial charge in [-0.25, -0.2) is 33.3 Å². The van der Waals surface area contributed by atoms with Gasteiger partial charge >= 0.3 is 11.7 Å². The number of halogens is 3. The molecule has 5 heterocycles. The van der Waals surface area contributed by atoms with Gasteiger partial charge in [-0.15, -0.1) is 0 Å². The van der Waals surface area contributed by atoms with Crippen molar-refractivity contribution < 1.29 is 23.0 Å². The van der Waals surface area contributed by atoms with Gasteiger partial charge in [0.2, 0.25) is 5.88 Å². The summed E-state index contributed by atoms with van der Waals surface area (Å²) >= 11 is 7.23. The highest BCUT2D eigenvalue weighted by Gasteiger charge is 2.49. The Kier molecular flexibility index (Phi) is 9.98. The Morgan fingerprint density at radius 3 is 2.53 bits per heavy atom. The third-order valence-corrected chi connectivity index (χ3v) is 11.9. The minimum absolute atomic E-state index is 0.0501. The van der Waals surface area contributed by atoms with Crippen LogP contribution >= 0.6 is 11.6 Å². The fourth-order valence-corrected chi connectivity index (χ4v) is 8.92. The Hall–Kier alpha value is -5.45. The van der Waals surface area contributed by atoms with Gasteiger partial charge < -0.3 is 25.0 Å². The highest BCUT2D eigenvalue weighted by molar-refractivity contribution is 6.36. The third kappa shape index (κ3) is 6.58. The number of aryl methyl sites for hydroxylation is 2. The zero-order chi connectivity index (χ0) is 40.3. The molecule has 2 atom stereocenters. The Morgan fingerprint density at radius 2 is 1.77 bits per heavy atom. The van der Waals surface area contributed by atoms with E-state index < -0.39 is 23.5 Å². The molecule has 2 saturated heterocycles. The first-order valence-electron chi connectivity index (χ1n) is 18.6. The molecular weight excluding hydrogens is 760 g/mol. The molecule has 2 aliphatic heterocycles. The number of rotatable bonds is 10. The van der Waals surface area contributed by atoms with Gasteiger partial charge in [-0.3, -0.25) is 18.8 Å². The van der Waals surface area contributed by atoms with Gasteiger partial charge in [-0.05, 0) is 55.0 Å². The van der Waals surface area contributed by atoms with Crippen molar-refractivity contribution in [2.24, 2.45) is 14.1 Å². The van der Waals surface area contributed by atoms with Crippen LogP contribution in [-0.2, 0) is 25.3 Å². The molecule has 0 saturated carbocycles. The minimum atomic E-state index is -3.05. The molecule has 17 heteroatoms. The van der Waals surface area contributed by atoms with Crippen LogP contribution < -0.4 is 26.6 Å². The molecule has 5 aromatic rings. The summed E-state index contributed by atoms with van der Waals surface area (Å²) in [4.78, 5) is 55.8. The molecule has 14 nitrogen and oxygen atoms in total. The van der Waals surface area contributed by atoms with Gasteiger partial charge in [-0.2, -0.15) is 0 Å². The average Bonchev–Trinajstić information content (AvgIpc) is 3.91. The smallest absolute Gasteiger partial charge is 0.332 e. The number of urea groups is 1. The summed E-state index contributed by atoms with van der Waals surface area (Å²) in [6.07, 6.45) is -0.476. The molecule has 2 N–H and O–H groups in total. The summed E-state index contributed by atoms with van der Waals surface area (Å²) in [6.45, 7) is 5.11. The molecule has 0 unspecified atom stereocenters. The van der Waals surface area contributed by atoms with Crippen molar-refractivity contribution in [2.45, 2.75) is 44.2 Å². The molecule has 298 valence electrons. The SMILES string of the molecule is COCCN1C[C@@]2(CCN([C@@H]3CCc4cc(-c5cccc(-c6cccc(Nc7nc(C(F)F)nc8c7c(=O)n(C)c(=O)n8C)c6C)c5Cl)nc(OC)c43)C2)NC1=O. The number of carbonyl (C=O) groups excluding carboxylic acids is 1. The number of aromatic nitrogens is 5. The first-order valence-corrected chi connectivity index (χ1v) is 19.0. The summed E-state index contributed by atoms with van der Waals surface area (Å²) in [7, 11) is 5.92. The number of hydrogen-bond donors (Lipinski definition) is 2. The van der Waals surface area contributed by atoms with Crippen molar-refractivity contribution >= 4 is 40.2 Å². The zero-order valence-corrected chi connectivity index (χ0v) is 32.9. The zero-order valence-electron chi connectivity index (χ0n) is 32.2. The van der Waals surface area contributed by atoms with Crippen LogP contribution in [0.4, 0.5) is 25.1 Å². The molecule has 2 amide bonds. The van der Waals surface area contributed by atoms with Gasteiger partial charge in [-0.1, -0.05) is 41.9 Å². The lowest BCUT2D eigenvalue weighted by molar-refractivity contribution is 0.141. The van der Waals surface area contributed by atoms with Crippen LogP contribution in [0.15, 0.2) is 52.1 Å². The Morgan fingerprint density at radius 1 is 1.02 bits per heavy atom. The lowest BCUT2D eigenvalue weighted by atomic mass is 9.96. The van der Waals surface area contributed by atoms with Crippen LogP contribution in [0.2, 0.25) is 5.02 Å². The monoisotopic (exact) mass is 801 g/mol. The lowest BCUT2D eigenvalue weighted by Gasteiger charge is -2.28. The fourth-order valence-electron chi connectivity index (χ4n) is 8.60. The van der Waals surface area contributed by atoms with E-state index in [0.717, 1.165) is 58.2 Å². The second kappa shape index (κ2) is 14.8. The van der Waals surface area contributed by atoms with E-state index in [0.29, 0.717) is 58.7 Å². The molecule has 1 aliphatic carbocycles. The summed E-state index contributed by atoms with van der Waals surface area (Å²) < 4.78 is 41.0. The first kappa shape index (κ1) is 38.4. The number of amides is 2. The number of fused-ring (bicyclic) bond motifs is 2. The van der Waals surface area contributed by atoms with Crippen LogP contribution in [-0.4, -0.2) is 92.5 Å². The van der Waals surface area contributed by atoms with E-state index in [1.807, 2.05) is 36.1 Å². The van der Waals surface area contributed by atoms with Crippen molar-refractivity contribution in [3.05, 3.63) is 90.8 Å². The van der Waals surface area contributed by atoms with Crippen LogP contribution in [0.25, 0.3) is 33.4 Å². The van der Waals surface area contributed by atoms with Gasteiger partial charge in [0.1, 0.15) is 11.2 Å². The molecule has 1 spiro atoms. The Balaban J connectivity index is 1.11. The van der Waals surface area contributed by atoms with Crippen molar-refractivity contribution in [1.82, 2.24) is 39.2 Å². The van der Waals surface area contributed by atoms with Crippen molar-refractivity contribution in [1.29, 1.82) is 0 Å². The van der Waals surface area contributed by atoms with E-state index in [9.17, 15) is 23.2 Å². The quantitative estimate of drug-likeness (QED) is 0.185. The molecule has 2 aromatic carbocycles. The minimum Gasteiger partial charge on any atom is -0.481 e. The number of carbonyl (C=O) groups is 1. The number of benzene rings is 2. The highest BCUT2D eigenvalue weighted by atomic mass is 35.5. The van der Waals surface area contributed by atoms with Gasteiger partial charge in [0.15, 0.2) is 11.5 Å². The molecule has 57 heavy (non-hydrogen) atoms.